The van der Waals surface area contributed by atoms with Crippen LogP contribution in [0.5, 0.6) is 5.75 Å². The summed E-state index contributed by atoms with van der Waals surface area (Å²) in [5.74, 6) is 0.306. The highest BCUT2D eigenvalue weighted by molar-refractivity contribution is 9.10. The normalized spacial score (nSPS) is 12.8. The molecule has 2 nitrogen and oxygen atoms in total. The molecule has 0 aromatic heterocycles. The number of hydrogen-bond acceptors (Lipinski definition) is 2. The second kappa shape index (κ2) is 4.63. The number of phenols is 1. The van der Waals surface area contributed by atoms with Gasteiger partial charge >= 0.3 is 0 Å². The first-order valence-electron chi connectivity index (χ1n) is 4.28. The summed E-state index contributed by atoms with van der Waals surface area (Å²) >= 11 is 3.36. The molecule has 0 fully saturated rings. The van der Waals surface area contributed by atoms with E-state index in [2.05, 4.69) is 28.2 Å². The smallest absolute Gasteiger partial charge is 0.130 e. The molecule has 1 unspecified atom stereocenters. The van der Waals surface area contributed by atoms with Crippen molar-refractivity contribution < 1.29 is 5.11 Å². The van der Waals surface area contributed by atoms with E-state index in [1.54, 1.807) is 6.07 Å². The maximum atomic E-state index is 9.42. The summed E-state index contributed by atoms with van der Waals surface area (Å²) in [6.45, 7) is 2.11. The number of halogens is 1. The zero-order valence-electron chi connectivity index (χ0n) is 7.84. The van der Waals surface area contributed by atoms with Gasteiger partial charge in [0.2, 0.25) is 0 Å². The molecule has 0 heterocycles. The number of aromatic hydroxyl groups is 1. The molecule has 0 aliphatic carbocycles. The second-order valence-corrected chi connectivity index (χ2v) is 3.94. The summed E-state index contributed by atoms with van der Waals surface area (Å²) < 4.78 is 0.803. The largest absolute Gasteiger partial charge is 0.507 e. The Morgan fingerprint density at radius 1 is 1.54 bits per heavy atom. The SMILES string of the molecule is CNC(C)Cc1cccc(O)c1Br. The van der Waals surface area contributed by atoms with Crippen LogP contribution >= 0.6 is 15.9 Å². The van der Waals surface area contributed by atoms with Crippen LogP contribution in [0.2, 0.25) is 0 Å². The molecule has 0 saturated carbocycles. The third-order valence-electron chi connectivity index (χ3n) is 2.08. The number of rotatable bonds is 3. The van der Waals surface area contributed by atoms with Crippen molar-refractivity contribution in [2.75, 3.05) is 7.05 Å². The lowest BCUT2D eigenvalue weighted by Crippen LogP contribution is -2.23. The Morgan fingerprint density at radius 2 is 2.23 bits per heavy atom. The topological polar surface area (TPSA) is 32.3 Å². The fourth-order valence-electron chi connectivity index (χ4n) is 1.16. The number of likely N-dealkylation sites (N-methyl/N-ethyl adjacent to an activating group) is 1. The van der Waals surface area contributed by atoms with Crippen molar-refractivity contribution in [2.24, 2.45) is 0 Å². The number of nitrogens with one attached hydrogen (secondary N) is 1. The van der Waals surface area contributed by atoms with Crippen LogP contribution in [0.3, 0.4) is 0 Å². The van der Waals surface area contributed by atoms with Gasteiger partial charge in [0.25, 0.3) is 0 Å². The summed E-state index contributed by atoms with van der Waals surface area (Å²) in [5, 5.41) is 12.6. The van der Waals surface area contributed by atoms with Gasteiger partial charge < -0.3 is 10.4 Å². The number of phenolic OH excluding ortho intramolecular Hbond substituents is 1. The van der Waals surface area contributed by atoms with Crippen LogP contribution in [-0.2, 0) is 6.42 Å². The van der Waals surface area contributed by atoms with Gasteiger partial charge in [0.1, 0.15) is 5.75 Å². The summed E-state index contributed by atoms with van der Waals surface area (Å²) in [4.78, 5) is 0. The highest BCUT2D eigenvalue weighted by atomic mass is 79.9. The lowest BCUT2D eigenvalue weighted by molar-refractivity contribution is 0.470. The van der Waals surface area contributed by atoms with E-state index in [0.29, 0.717) is 11.8 Å². The van der Waals surface area contributed by atoms with Crippen molar-refractivity contribution in [2.45, 2.75) is 19.4 Å². The molecular weight excluding hydrogens is 230 g/mol. The van der Waals surface area contributed by atoms with Crippen LogP contribution in [-0.4, -0.2) is 18.2 Å². The Labute approximate surface area is 87.1 Å². The Morgan fingerprint density at radius 3 is 2.85 bits per heavy atom. The highest BCUT2D eigenvalue weighted by Gasteiger charge is 2.06. The summed E-state index contributed by atoms with van der Waals surface area (Å²) in [6.07, 6.45) is 0.908. The first-order chi connectivity index (χ1) is 6.15. The Hall–Kier alpha value is -0.540. The highest BCUT2D eigenvalue weighted by Crippen LogP contribution is 2.27. The molecule has 3 heteroatoms. The molecule has 0 bridgehead atoms. The second-order valence-electron chi connectivity index (χ2n) is 3.14. The third-order valence-corrected chi connectivity index (χ3v) is 2.99. The van der Waals surface area contributed by atoms with Crippen molar-refractivity contribution >= 4 is 15.9 Å². The molecule has 0 aliphatic heterocycles. The molecular formula is C10H14BrNO. The summed E-state index contributed by atoms with van der Waals surface area (Å²) in [6, 6.07) is 5.96. The molecule has 0 radical (unpaired) electrons. The quantitative estimate of drug-likeness (QED) is 0.855. The van der Waals surface area contributed by atoms with Crippen LogP contribution in [0.4, 0.5) is 0 Å². The number of benzene rings is 1. The van der Waals surface area contributed by atoms with E-state index in [1.807, 2.05) is 19.2 Å². The van der Waals surface area contributed by atoms with E-state index >= 15 is 0 Å². The van der Waals surface area contributed by atoms with Gasteiger partial charge in [0.15, 0.2) is 0 Å². The minimum atomic E-state index is 0.306. The maximum Gasteiger partial charge on any atom is 0.130 e. The Kier molecular flexibility index (Phi) is 3.75. The number of hydrogen-bond donors (Lipinski definition) is 2. The van der Waals surface area contributed by atoms with Crippen LogP contribution < -0.4 is 5.32 Å². The van der Waals surface area contributed by atoms with Crippen molar-refractivity contribution in [1.82, 2.24) is 5.32 Å². The molecule has 0 aliphatic rings. The van der Waals surface area contributed by atoms with Crippen LogP contribution in [0.25, 0.3) is 0 Å². The first kappa shape index (κ1) is 10.5. The van der Waals surface area contributed by atoms with Gasteiger partial charge in [0.05, 0.1) is 4.47 Å². The summed E-state index contributed by atoms with van der Waals surface area (Å²) in [5.41, 5.74) is 1.13. The van der Waals surface area contributed by atoms with Crippen LogP contribution in [0, 0.1) is 0 Å². The van der Waals surface area contributed by atoms with E-state index in [-0.39, 0.29) is 0 Å². The average molecular weight is 244 g/mol. The van der Waals surface area contributed by atoms with Crippen molar-refractivity contribution in [3.05, 3.63) is 28.2 Å². The van der Waals surface area contributed by atoms with Gasteiger partial charge in [-0.05, 0) is 48.0 Å². The molecule has 1 rings (SSSR count). The lowest BCUT2D eigenvalue weighted by atomic mass is 10.1. The zero-order chi connectivity index (χ0) is 9.84. The van der Waals surface area contributed by atoms with Crippen LogP contribution in [0.1, 0.15) is 12.5 Å². The van der Waals surface area contributed by atoms with Crippen molar-refractivity contribution in [3.8, 4) is 5.75 Å². The predicted molar refractivity (Wildman–Crippen MR) is 58.0 cm³/mol. The molecule has 0 saturated heterocycles. The summed E-state index contributed by atoms with van der Waals surface area (Å²) in [7, 11) is 1.93. The van der Waals surface area contributed by atoms with Crippen LogP contribution in [0.15, 0.2) is 22.7 Å². The standard InChI is InChI=1S/C10H14BrNO/c1-7(12-2)6-8-4-3-5-9(13)10(8)11/h3-5,7,12-13H,6H2,1-2H3. The molecule has 1 aromatic carbocycles. The predicted octanol–water partition coefficient (Wildman–Crippen LogP) is 2.31. The van der Waals surface area contributed by atoms with Gasteiger partial charge in [-0.2, -0.15) is 0 Å². The lowest BCUT2D eigenvalue weighted by Gasteiger charge is -2.11. The monoisotopic (exact) mass is 243 g/mol. The van der Waals surface area contributed by atoms with Gasteiger partial charge in [-0.1, -0.05) is 12.1 Å². The molecule has 13 heavy (non-hydrogen) atoms. The van der Waals surface area contributed by atoms with Gasteiger partial charge in [0, 0.05) is 6.04 Å². The van der Waals surface area contributed by atoms with E-state index in [0.717, 1.165) is 16.5 Å². The van der Waals surface area contributed by atoms with Gasteiger partial charge in [-0.3, -0.25) is 0 Å². The molecule has 2 N–H and O–H groups in total. The minimum Gasteiger partial charge on any atom is -0.507 e. The first-order valence-corrected chi connectivity index (χ1v) is 5.08. The fraction of sp³-hybridized carbons (Fsp3) is 0.400. The van der Waals surface area contributed by atoms with E-state index in [9.17, 15) is 5.11 Å². The average Bonchev–Trinajstić information content (AvgIpc) is 2.13. The Balaban J connectivity index is 2.83. The van der Waals surface area contributed by atoms with Gasteiger partial charge in [-0.25, -0.2) is 0 Å². The minimum absolute atomic E-state index is 0.306. The molecule has 1 aromatic rings. The maximum absolute atomic E-state index is 9.42. The van der Waals surface area contributed by atoms with Gasteiger partial charge in [-0.15, -0.1) is 0 Å². The van der Waals surface area contributed by atoms with E-state index < -0.39 is 0 Å². The molecule has 0 spiro atoms. The molecule has 72 valence electrons. The fourth-order valence-corrected chi connectivity index (χ4v) is 1.58. The molecule has 1 atom stereocenters. The molecule has 0 amide bonds. The van der Waals surface area contributed by atoms with E-state index in [1.165, 1.54) is 0 Å². The third kappa shape index (κ3) is 2.71. The van der Waals surface area contributed by atoms with Crippen molar-refractivity contribution in [1.29, 1.82) is 0 Å². The van der Waals surface area contributed by atoms with Crippen molar-refractivity contribution in [3.63, 3.8) is 0 Å². The zero-order valence-corrected chi connectivity index (χ0v) is 9.43. The Bertz CT molecular complexity index is 288. The van der Waals surface area contributed by atoms with E-state index in [4.69, 9.17) is 0 Å².